The van der Waals surface area contributed by atoms with Crippen LogP contribution in [0.15, 0.2) is 12.3 Å². The van der Waals surface area contributed by atoms with Gasteiger partial charge in [-0.05, 0) is 51.0 Å². The normalized spacial score (nSPS) is 16.3. The molecule has 116 valence electrons. The predicted molar refractivity (Wildman–Crippen MR) is 86.0 cm³/mol. The van der Waals surface area contributed by atoms with Crippen LogP contribution in [-0.2, 0) is 13.6 Å². The number of aromatic nitrogens is 1. The predicted octanol–water partition coefficient (Wildman–Crippen LogP) is 2.64. The highest BCUT2D eigenvalue weighted by molar-refractivity contribution is 5.28. The van der Waals surface area contributed by atoms with Crippen LogP contribution in [0.2, 0.25) is 0 Å². The molecule has 1 aliphatic rings. The summed E-state index contributed by atoms with van der Waals surface area (Å²) in [5.74, 6) is 0. The highest BCUT2D eigenvalue weighted by Gasteiger charge is 2.17. The first-order valence-corrected chi connectivity index (χ1v) is 8.17. The third kappa shape index (κ3) is 4.87. The maximum atomic E-state index is 8.93. The van der Waals surface area contributed by atoms with Crippen LogP contribution in [-0.4, -0.2) is 35.6 Å². The third-order valence-corrected chi connectivity index (χ3v) is 4.57. The van der Waals surface area contributed by atoms with Crippen LogP contribution in [0.1, 0.15) is 49.8 Å². The van der Waals surface area contributed by atoms with Crippen molar-refractivity contribution in [2.24, 2.45) is 7.05 Å². The first-order valence-electron chi connectivity index (χ1n) is 8.17. The second-order valence-electron chi connectivity index (χ2n) is 6.26. The molecule has 1 N–H and O–H groups in total. The summed E-state index contributed by atoms with van der Waals surface area (Å²) in [7, 11) is 4.19. The zero-order chi connectivity index (χ0) is 15.1. The Kier molecular flexibility index (Phi) is 6.28. The van der Waals surface area contributed by atoms with E-state index >= 15 is 0 Å². The standard InChI is InChI=1S/C17H28N4/c1-20(16-7-4-3-5-8-16)10-6-9-19-13-15-11-17(12-18)21(2)14-15/h11,14,16,19H,3-10,13H2,1-2H3. The smallest absolute Gasteiger partial charge is 0.120 e. The van der Waals surface area contributed by atoms with Crippen LogP contribution in [0.4, 0.5) is 0 Å². The topological polar surface area (TPSA) is 44.0 Å². The fourth-order valence-corrected chi connectivity index (χ4v) is 3.23. The van der Waals surface area contributed by atoms with Gasteiger partial charge >= 0.3 is 0 Å². The minimum atomic E-state index is 0.726. The van der Waals surface area contributed by atoms with Crippen LogP contribution in [0, 0.1) is 11.3 Å². The number of nitrogens with one attached hydrogen (secondary N) is 1. The summed E-state index contributed by atoms with van der Waals surface area (Å²) in [6.07, 6.45) is 10.2. The number of aryl methyl sites for hydroxylation is 1. The van der Waals surface area contributed by atoms with Gasteiger partial charge in [0.15, 0.2) is 0 Å². The maximum absolute atomic E-state index is 8.93. The summed E-state index contributed by atoms with van der Waals surface area (Å²) in [6, 6.07) is 4.97. The van der Waals surface area contributed by atoms with Crippen molar-refractivity contribution in [3.8, 4) is 6.07 Å². The first kappa shape index (κ1) is 16.1. The molecular formula is C17H28N4. The minimum absolute atomic E-state index is 0.726. The third-order valence-electron chi connectivity index (χ3n) is 4.57. The van der Waals surface area contributed by atoms with E-state index in [2.05, 4.69) is 23.3 Å². The van der Waals surface area contributed by atoms with Gasteiger partial charge in [0.1, 0.15) is 11.8 Å². The highest BCUT2D eigenvalue weighted by atomic mass is 15.1. The number of rotatable bonds is 7. The number of nitriles is 1. The first-order chi connectivity index (χ1) is 10.2. The van der Waals surface area contributed by atoms with Crippen molar-refractivity contribution < 1.29 is 0 Å². The summed E-state index contributed by atoms with van der Waals surface area (Å²) in [5.41, 5.74) is 1.92. The lowest BCUT2D eigenvalue weighted by Crippen LogP contribution is -2.35. The van der Waals surface area contributed by atoms with E-state index in [1.165, 1.54) is 50.6 Å². The van der Waals surface area contributed by atoms with E-state index in [0.717, 1.165) is 24.8 Å². The zero-order valence-corrected chi connectivity index (χ0v) is 13.4. The van der Waals surface area contributed by atoms with Crippen LogP contribution < -0.4 is 5.32 Å². The van der Waals surface area contributed by atoms with Crippen molar-refractivity contribution in [2.45, 2.75) is 51.1 Å². The molecule has 0 atom stereocenters. The molecule has 0 saturated heterocycles. The molecule has 0 radical (unpaired) electrons. The van der Waals surface area contributed by atoms with E-state index in [1.807, 2.05) is 23.9 Å². The van der Waals surface area contributed by atoms with Gasteiger partial charge in [-0.2, -0.15) is 5.26 Å². The van der Waals surface area contributed by atoms with Crippen molar-refractivity contribution in [2.75, 3.05) is 20.1 Å². The van der Waals surface area contributed by atoms with Gasteiger partial charge in [-0.15, -0.1) is 0 Å². The number of hydrogen-bond donors (Lipinski definition) is 1. The summed E-state index contributed by atoms with van der Waals surface area (Å²) in [5, 5.41) is 12.4. The van der Waals surface area contributed by atoms with Crippen LogP contribution in [0.5, 0.6) is 0 Å². The van der Waals surface area contributed by atoms with E-state index in [-0.39, 0.29) is 0 Å². The van der Waals surface area contributed by atoms with Crippen molar-refractivity contribution in [3.63, 3.8) is 0 Å². The average molecular weight is 288 g/mol. The Morgan fingerprint density at radius 1 is 1.38 bits per heavy atom. The zero-order valence-electron chi connectivity index (χ0n) is 13.4. The molecule has 0 amide bonds. The summed E-state index contributed by atoms with van der Waals surface area (Å²) < 4.78 is 1.88. The van der Waals surface area contributed by atoms with Crippen molar-refractivity contribution in [1.29, 1.82) is 5.26 Å². The number of hydrogen-bond acceptors (Lipinski definition) is 3. The molecule has 1 aliphatic carbocycles. The largest absolute Gasteiger partial charge is 0.342 e. The Balaban J connectivity index is 1.60. The molecule has 0 spiro atoms. The lowest BCUT2D eigenvalue weighted by Gasteiger charge is -2.31. The summed E-state index contributed by atoms with van der Waals surface area (Å²) in [6.45, 7) is 3.06. The second kappa shape index (κ2) is 8.21. The molecule has 0 bridgehead atoms. The van der Waals surface area contributed by atoms with E-state index in [9.17, 15) is 0 Å². The van der Waals surface area contributed by atoms with E-state index in [1.54, 1.807) is 0 Å². The SMILES string of the molecule is CN(CCCNCc1cc(C#N)n(C)c1)C1CCCCC1. The molecule has 1 aromatic heterocycles. The molecule has 1 saturated carbocycles. The fourth-order valence-electron chi connectivity index (χ4n) is 3.23. The molecular weight excluding hydrogens is 260 g/mol. The Hall–Kier alpha value is -1.31. The Morgan fingerprint density at radius 2 is 2.14 bits per heavy atom. The highest BCUT2D eigenvalue weighted by Crippen LogP contribution is 2.21. The second-order valence-corrected chi connectivity index (χ2v) is 6.26. The fraction of sp³-hybridized carbons (Fsp3) is 0.706. The van der Waals surface area contributed by atoms with Gasteiger partial charge in [-0.25, -0.2) is 0 Å². The molecule has 1 heterocycles. The van der Waals surface area contributed by atoms with E-state index in [4.69, 9.17) is 5.26 Å². The molecule has 4 heteroatoms. The Morgan fingerprint density at radius 3 is 2.81 bits per heavy atom. The lowest BCUT2D eigenvalue weighted by molar-refractivity contribution is 0.189. The molecule has 2 rings (SSSR count). The van der Waals surface area contributed by atoms with Gasteiger partial charge in [0.2, 0.25) is 0 Å². The Labute approximate surface area is 128 Å². The Bertz CT molecular complexity index is 466. The van der Waals surface area contributed by atoms with Crippen molar-refractivity contribution in [1.82, 2.24) is 14.8 Å². The quantitative estimate of drug-likeness (QED) is 0.784. The maximum Gasteiger partial charge on any atom is 0.120 e. The average Bonchev–Trinajstić information content (AvgIpc) is 2.87. The van der Waals surface area contributed by atoms with Gasteiger partial charge in [0.25, 0.3) is 0 Å². The summed E-state index contributed by atoms with van der Waals surface area (Å²) in [4.78, 5) is 2.54. The van der Waals surface area contributed by atoms with Crippen LogP contribution in [0.25, 0.3) is 0 Å². The van der Waals surface area contributed by atoms with Gasteiger partial charge < -0.3 is 14.8 Å². The number of nitrogens with zero attached hydrogens (tertiary/aromatic N) is 3. The molecule has 1 aromatic rings. The molecule has 0 unspecified atom stereocenters. The van der Waals surface area contributed by atoms with Crippen molar-refractivity contribution in [3.05, 3.63) is 23.5 Å². The van der Waals surface area contributed by atoms with Gasteiger partial charge in [0.05, 0.1) is 0 Å². The molecule has 0 aromatic carbocycles. The van der Waals surface area contributed by atoms with Gasteiger partial charge in [-0.3, -0.25) is 0 Å². The van der Waals surface area contributed by atoms with Gasteiger partial charge in [-0.1, -0.05) is 19.3 Å². The lowest BCUT2D eigenvalue weighted by atomic mass is 9.94. The minimum Gasteiger partial charge on any atom is -0.342 e. The van der Waals surface area contributed by atoms with Crippen LogP contribution >= 0.6 is 0 Å². The van der Waals surface area contributed by atoms with E-state index < -0.39 is 0 Å². The molecule has 21 heavy (non-hydrogen) atoms. The van der Waals surface area contributed by atoms with Crippen LogP contribution in [0.3, 0.4) is 0 Å². The monoisotopic (exact) mass is 288 g/mol. The van der Waals surface area contributed by atoms with Gasteiger partial charge in [0, 0.05) is 25.8 Å². The van der Waals surface area contributed by atoms with E-state index in [0.29, 0.717) is 0 Å². The summed E-state index contributed by atoms with van der Waals surface area (Å²) >= 11 is 0. The molecule has 0 aliphatic heterocycles. The van der Waals surface area contributed by atoms with Crippen molar-refractivity contribution >= 4 is 0 Å². The molecule has 4 nitrogen and oxygen atoms in total. The molecule has 1 fully saturated rings.